The Labute approximate surface area is 686 Å². The molecule has 0 saturated carbocycles. The standard InChI is InChI=1S/C43H46N8O7.C26H32N6O2.C16H15N3O6.CH3F/c1-49(34-13-8-12-30-37(34)42(57)51(41(30)56)35-16-17-36(53)48-40(35)55)25-29(52)11-6-3-7-20-45-43(58)50-21-18-26(19-22-50)27-14-15-33-31(23-27)38(32(24-46-33)39(44)54)47-28-9-4-2-5-10-28;27-12-4-5-13-29-26(34)32-14-10-18(11-15-32)19-8-9-23-21(16-19)24(22(17-30-23)25(28)33)31-20-6-2-1-3-7-20;1-18(7-12(21)22)9-4-2-3-8-13(9)16(25)19(15(8)24)10-5-6-11(20)17-14(10)23;1-2/h2,4-5,8-10,12-15,23-24,26,35H,3,6-7,11,16-22,25H2,1H3,(H2,44,54)(H,45,58)(H,46,47)(H,48,53,55);1-3,6-9,16-18H,4-5,10-15,27H2,(H2,28,33)(H,29,34)(H,30,31);2-4,10H,5-7H2,1H3,(H,21,22)(H,17,20,23);1H3/i;;;1D. The van der Waals surface area contributed by atoms with Crippen molar-refractivity contribution in [3.63, 3.8) is 0 Å². The van der Waals surface area contributed by atoms with Crippen LogP contribution in [0, 0.1) is 0 Å². The van der Waals surface area contributed by atoms with E-state index in [0.717, 1.165) is 93.5 Å². The van der Waals surface area contributed by atoms with Crippen LogP contribution in [0.3, 0.4) is 0 Å². The number of hydrogen-bond donors (Lipinski definition) is 10. The molecule has 13 N–H and O–H groups in total. The van der Waals surface area contributed by atoms with Gasteiger partial charge in [-0.2, -0.15) is 0 Å². The first-order valence-corrected chi connectivity index (χ1v) is 39.3. The van der Waals surface area contributed by atoms with Gasteiger partial charge in [-0.25, -0.2) is 9.59 Å². The van der Waals surface area contributed by atoms with E-state index in [4.69, 9.17) is 23.7 Å². The van der Waals surface area contributed by atoms with Gasteiger partial charge in [0.25, 0.3) is 35.4 Å². The Morgan fingerprint density at radius 2 is 0.941 bits per heavy atom. The number of nitrogens with one attached hydrogen (secondary N) is 6. The van der Waals surface area contributed by atoms with Gasteiger partial charge in [-0.15, -0.1) is 0 Å². The Bertz CT molecular complexity index is 5240. The summed E-state index contributed by atoms with van der Waals surface area (Å²) < 4.78 is 15.5. The van der Waals surface area contributed by atoms with Crippen molar-refractivity contribution in [2.75, 3.05) is 101 Å². The van der Waals surface area contributed by atoms with Crippen LogP contribution in [0.5, 0.6) is 0 Å². The molecule has 0 bridgehead atoms. The highest BCUT2D eigenvalue weighted by Gasteiger charge is 2.48. The summed E-state index contributed by atoms with van der Waals surface area (Å²) in [4.78, 5) is 191. The maximum absolute atomic E-state index is 13.4. The van der Waals surface area contributed by atoms with Crippen LogP contribution in [0.15, 0.2) is 146 Å². The normalized spacial score (nSPS) is 16.6. The molecular weight excluding hydrogens is 1530 g/mol. The number of urea groups is 2. The summed E-state index contributed by atoms with van der Waals surface area (Å²) in [6, 6.07) is 38.7. The van der Waals surface area contributed by atoms with Gasteiger partial charge in [0.15, 0.2) is 5.78 Å². The number of aromatic nitrogens is 2. The molecule has 8 heterocycles. The minimum Gasteiger partial charge on any atom is -0.480 e. The number of benzene rings is 6. The molecule has 4 saturated heterocycles. The van der Waals surface area contributed by atoms with E-state index in [1.54, 1.807) is 36.2 Å². The number of rotatable bonds is 26. The van der Waals surface area contributed by atoms with Crippen molar-refractivity contribution < 1.29 is 78.0 Å². The molecule has 14 amide bonds. The number of alkyl halides is 1. The number of fused-ring (bicyclic) bond motifs is 4. The van der Waals surface area contributed by atoms with Crippen LogP contribution < -0.4 is 58.9 Å². The molecule has 4 fully saturated rings. The van der Waals surface area contributed by atoms with Gasteiger partial charge in [-0.05, 0) is 167 Å². The van der Waals surface area contributed by atoms with Crippen LogP contribution >= 0.6 is 0 Å². The monoisotopic (exact) mass is 1630 g/mol. The second-order valence-electron chi connectivity index (χ2n) is 29.6. The first-order chi connectivity index (χ1) is 57.8. The van der Waals surface area contributed by atoms with Crippen molar-refractivity contribution in [3.05, 3.63) is 190 Å². The SMILES string of the molecule is CN(CC(=O)CCCCCNC(=O)N1CCC(c2ccc3ncc(C(N)=O)c(Nc4ccccc4)c3c2)CC1)c1cccc2c1C(=O)N(C1CCC(=O)NC1=O)C2=O.CN(CC(=O)O)c1cccc2c1C(=O)N(C1CCC(=O)NC1=O)C2=O.NCCCCNC(=O)N1CCC(c2ccc3ncc(C(N)=O)c(Nc4ccccc4)c3c2)CC1.[2H]CF. The number of anilines is 6. The van der Waals surface area contributed by atoms with Gasteiger partial charge in [0.1, 0.15) is 18.6 Å². The number of carboxylic acids is 1. The number of halogens is 1. The average Bonchev–Trinajstić information content (AvgIpc) is 1.58. The van der Waals surface area contributed by atoms with E-state index in [-0.39, 0.29) is 84.8 Å². The number of para-hydroxylation sites is 2. The molecule has 0 aliphatic carbocycles. The van der Waals surface area contributed by atoms with Gasteiger partial charge < -0.3 is 63.2 Å². The number of carbonyl (C=O) groups is 14. The van der Waals surface area contributed by atoms with Crippen LogP contribution in [0.2, 0.25) is 0 Å². The number of amides is 14. The quantitative estimate of drug-likeness (QED) is 0.0179. The van der Waals surface area contributed by atoms with Crippen molar-refractivity contribution in [2.24, 2.45) is 17.2 Å². The Hall–Kier alpha value is -13.6. The zero-order valence-corrected chi connectivity index (χ0v) is 66.0. The molecule has 2 aromatic heterocycles. The highest BCUT2D eigenvalue weighted by molar-refractivity contribution is 6.27. The first kappa shape index (κ1) is 84.8. The predicted octanol–water partition coefficient (Wildman–Crippen LogP) is 8.53. The van der Waals surface area contributed by atoms with Crippen molar-refractivity contribution in [3.8, 4) is 0 Å². The number of unbranched alkanes of at least 4 members (excludes halogenated alkanes) is 3. The van der Waals surface area contributed by atoms with E-state index in [1.807, 2.05) is 82.6 Å². The summed E-state index contributed by atoms with van der Waals surface area (Å²) >= 11 is 0. The number of piperidine rings is 4. The lowest BCUT2D eigenvalue weighted by atomic mass is 9.88. The summed E-state index contributed by atoms with van der Waals surface area (Å²) in [6.07, 6.45) is 10.8. The largest absolute Gasteiger partial charge is 0.480 e. The molecule has 8 aromatic rings. The minimum atomic E-state index is -1.08. The predicted molar refractivity (Wildman–Crippen MR) is 443 cm³/mol. The number of pyridine rings is 2. The van der Waals surface area contributed by atoms with Gasteiger partial charge >= 0.3 is 18.0 Å². The number of primary amides is 2. The number of hydrogen-bond acceptors (Lipinski definition) is 21. The summed E-state index contributed by atoms with van der Waals surface area (Å²) in [7, 11) is 2.18. The molecular formula is C86H96FN17O15. The van der Waals surface area contributed by atoms with E-state index in [2.05, 4.69) is 66.1 Å². The molecule has 119 heavy (non-hydrogen) atoms. The number of carboxylic acid groups (broad SMARTS) is 1. The number of likely N-dealkylation sites (tertiary alicyclic amines) is 2. The number of Topliss-reactive ketones (excluding diaryl/α,β-unsaturated/α-hetero) is 1. The Morgan fingerprint density at radius 1 is 0.529 bits per heavy atom. The molecule has 33 heteroatoms. The fourth-order valence-electron chi connectivity index (χ4n) is 15.6. The smallest absolute Gasteiger partial charge is 0.323 e. The Morgan fingerprint density at radius 3 is 1.34 bits per heavy atom. The van der Waals surface area contributed by atoms with Gasteiger partial charge in [0.2, 0.25) is 23.6 Å². The molecule has 0 spiro atoms. The topological polar surface area (TPSA) is 455 Å². The third-order valence-electron chi connectivity index (χ3n) is 21.7. The van der Waals surface area contributed by atoms with Crippen LogP contribution in [0.1, 0.15) is 176 Å². The van der Waals surface area contributed by atoms with Crippen molar-refractivity contribution >= 4 is 139 Å². The van der Waals surface area contributed by atoms with E-state index in [0.29, 0.717) is 105 Å². The lowest BCUT2D eigenvalue weighted by Crippen LogP contribution is -2.54. The molecule has 14 rings (SSSR count). The van der Waals surface area contributed by atoms with Gasteiger partial charge in [0.05, 0.1) is 82.2 Å². The van der Waals surface area contributed by atoms with Crippen LogP contribution in [-0.2, 0) is 28.8 Å². The number of likely N-dealkylation sites (N-methyl/N-ethyl adjacent to an activating group) is 2. The maximum atomic E-state index is 13.4. The highest BCUT2D eigenvalue weighted by atomic mass is 19.1. The number of nitrogens with two attached hydrogens (primary N) is 3. The van der Waals surface area contributed by atoms with Crippen LogP contribution in [0.4, 0.5) is 48.1 Å². The molecule has 32 nitrogen and oxygen atoms in total. The molecule has 2 unspecified atom stereocenters. The van der Waals surface area contributed by atoms with E-state index >= 15 is 0 Å². The van der Waals surface area contributed by atoms with Gasteiger partial charge in [0, 0.05) is 107 Å². The first-order valence-electron chi connectivity index (χ1n) is 40.0. The number of ketones is 1. The van der Waals surface area contributed by atoms with Crippen molar-refractivity contribution in [1.29, 1.82) is 0 Å². The number of imide groups is 4. The second kappa shape index (κ2) is 39.8. The van der Waals surface area contributed by atoms with E-state index in [1.165, 1.54) is 42.0 Å². The summed E-state index contributed by atoms with van der Waals surface area (Å²) in [5.74, 6) is -6.42. The van der Waals surface area contributed by atoms with Crippen LogP contribution in [-0.4, -0.2) is 210 Å². The second-order valence-corrected chi connectivity index (χ2v) is 29.6. The lowest BCUT2D eigenvalue weighted by Gasteiger charge is -2.32. The summed E-state index contributed by atoms with van der Waals surface area (Å²) in [5, 5.41) is 27.7. The summed E-state index contributed by atoms with van der Waals surface area (Å²) in [6.45, 7) is 4.09. The third-order valence-corrected chi connectivity index (χ3v) is 21.7. The fraction of sp³-hybridized carbons (Fsp3) is 0.349. The van der Waals surface area contributed by atoms with Crippen LogP contribution in [0.25, 0.3) is 21.8 Å². The Balaban J connectivity index is 0.000000191. The minimum absolute atomic E-state index is 0.00127. The maximum Gasteiger partial charge on any atom is 0.323 e. The molecule has 6 aliphatic rings. The van der Waals surface area contributed by atoms with E-state index in [9.17, 15) is 71.5 Å². The van der Waals surface area contributed by atoms with Gasteiger partial charge in [-0.3, -0.25) is 92.3 Å². The van der Waals surface area contributed by atoms with Crippen molar-refractivity contribution in [2.45, 2.75) is 114 Å². The number of carbonyl (C=O) groups excluding carboxylic acids is 13. The molecule has 6 aliphatic heterocycles. The highest BCUT2D eigenvalue weighted by Crippen LogP contribution is 2.40. The number of nitrogens with zero attached hydrogens (tertiary/aromatic N) is 8. The average molecular weight is 1630 g/mol. The number of aliphatic carboxylic acids is 1. The molecule has 2 atom stereocenters. The Kier molecular flexibility index (Phi) is 28.4. The third kappa shape index (κ3) is 20.4. The zero-order chi connectivity index (χ0) is 85.8. The van der Waals surface area contributed by atoms with E-state index < -0.39 is 84.3 Å². The van der Waals surface area contributed by atoms with Crippen molar-refractivity contribution in [1.82, 2.24) is 50.8 Å². The zero-order valence-electron chi connectivity index (χ0n) is 67.0. The molecule has 0 radical (unpaired) electrons. The molecule has 6 aromatic carbocycles. The lowest BCUT2D eigenvalue weighted by molar-refractivity contribution is -0.137. The fourth-order valence-corrected chi connectivity index (χ4v) is 15.6. The molecule has 622 valence electrons. The van der Waals surface area contributed by atoms with Gasteiger partial charge in [-0.1, -0.05) is 67.1 Å². The summed E-state index contributed by atoms with van der Waals surface area (Å²) in [5.41, 5.74) is 25.6.